The molecular weight excluding hydrogens is 391 g/mol. The topological polar surface area (TPSA) is 59.9 Å². The maximum absolute atomic E-state index is 13.2. The van der Waals surface area contributed by atoms with Crippen LogP contribution in [0.4, 0.5) is 10.1 Å². The number of nitrogens with one attached hydrogen (secondary N) is 1. The number of methoxy groups -OCH3 is 1. The Labute approximate surface area is 165 Å². The molecule has 0 aromatic heterocycles. The Morgan fingerprint density at radius 1 is 1.26 bits per heavy atom. The largest absolute Gasteiger partial charge is 0.493 e. The summed E-state index contributed by atoms with van der Waals surface area (Å²) in [6, 6.07) is 9.54. The van der Waals surface area contributed by atoms with Gasteiger partial charge in [0, 0.05) is 0 Å². The normalized spacial score (nSPS) is 16.7. The lowest BCUT2D eigenvalue weighted by Gasteiger charge is -2.09. The Kier molecular flexibility index (Phi) is 6.03. The number of carbonyl (C=O) groups excluding carboxylic acids is 1. The van der Waals surface area contributed by atoms with Gasteiger partial charge in [-0.15, -0.1) is 0 Å². The van der Waals surface area contributed by atoms with Crippen molar-refractivity contribution in [2.45, 2.75) is 6.92 Å². The zero-order valence-corrected chi connectivity index (χ0v) is 16.2. The van der Waals surface area contributed by atoms with Crippen molar-refractivity contribution in [3.8, 4) is 11.5 Å². The van der Waals surface area contributed by atoms with E-state index in [2.05, 4.69) is 10.3 Å². The SMILES string of the molecule is CCOc1ccc(/C=C2\SC(=Nc3ccc(F)c(Cl)c3)NC2=O)cc1OC. The Bertz CT molecular complexity index is 947. The monoisotopic (exact) mass is 406 g/mol. The van der Waals surface area contributed by atoms with Gasteiger partial charge in [0.1, 0.15) is 5.82 Å². The minimum Gasteiger partial charge on any atom is -0.493 e. The summed E-state index contributed by atoms with van der Waals surface area (Å²) in [5.74, 6) is 0.444. The van der Waals surface area contributed by atoms with Crippen LogP contribution >= 0.6 is 23.4 Å². The molecular formula is C19H16ClFN2O3S. The first-order valence-corrected chi connectivity index (χ1v) is 9.25. The number of amidine groups is 1. The van der Waals surface area contributed by atoms with Gasteiger partial charge in [-0.3, -0.25) is 4.79 Å². The van der Waals surface area contributed by atoms with Gasteiger partial charge in [-0.05, 0) is 60.7 Å². The summed E-state index contributed by atoms with van der Waals surface area (Å²) < 4.78 is 24.0. The third-order valence-electron chi connectivity index (χ3n) is 3.57. The van der Waals surface area contributed by atoms with E-state index in [1.807, 2.05) is 13.0 Å². The molecule has 0 aliphatic carbocycles. The van der Waals surface area contributed by atoms with Crippen molar-refractivity contribution in [2.75, 3.05) is 13.7 Å². The number of halogens is 2. The molecule has 0 radical (unpaired) electrons. The highest BCUT2D eigenvalue weighted by Crippen LogP contribution is 2.32. The number of aliphatic imine (C=N–C) groups is 1. The number of nitrogens with zero attached hydrogens (tertiary/aromatic N) is 1. The van der Waals surface area contributed by atoms with E-state index in [0.29, 0.717) is 33.9 Å². The van der Waals surface area contributed by atoms with E-state index in [-0.39, 0.29) is 10.9 Å². The zero-order valence-electron chi connectivity index (χ0n) is 14.6. The predicted octanol–water partition coefficient (Wildman–Crippen LogP) is 4.78. The fourth-order valence-corrected chi connectivity index (χ4v) is 3.37. The van der Waals surface area contributed by atoms with Gasteiger partial charge in [-0.2, -0.15) is 0 Å². The van der Waals surface area contributed by atoms with Gasteiger partial charge < -0.3 is 14.8 Å². The van der Waals surface area contributed by atoms with Gasteiger partial charge in [0.15, 0.2) is 16.7 Å². The van der Waals surface area contributed by atoms with Crippen molar-refractivity contribution in [1.82, 2.24) is 5.32 Å². The smallest absolute Gasteiger partial charge is 0.264 e. The maximum Gasteiger partial charge on any atom is 0.264 e. The van der Waals surface area contributed by atoms with E-state index in [0.717, 1.165) is 5.56 Å². The molecule has 0 saturated carbocycles. The highest BCUT2D eigenvalue weighted by molar-refractivity contribution is 8.18. The molecule has 1 aliphatic heterocycles. The minimum atomic E-state index is -0.520. The summed E-state index contributed by atoms with van der Waals surface area (Å²) in [6.07, 6.45) is 1.73. The van der Waals surface area contributed by atoms with Crippen LogP contribution in [0.3, 0.4) is 0 Å². The van der Waals surface area contributed by atoms with Gasteiger partial charge >= 0.3 is 0 Å². The Balaban J connectivity index is 1.82. The van der Waals surface area contributed by atoms with Gasteiger partial charge in [0.25, 0.3) is 5.91 Å². The lowest BCUT2D eigenvalue weighted by molar-refractivity contribution is -0.115. The molecule has 5 nitrogen and oxygen atoms in total. The lowest BCUT2D eigenvalue weighted by Crippen LogP contribution is -2.19. The van der Waals surface area contributed by atoms with Crippen molar-refractivity contribution < 1.29 is 18.7 Å². The van der Waals surface area contributed by atoms with Crippen LogP contribution in [0.1, 0.15) is 12.5 Å². The Hall–Kier alpha value is -2.51. The van der Waals surface area contributed by atoms with Crippen LogP contribution in [0.5, 0.6) is 11.5 Å². The second kappa shape index (κ2) is 8.45. The average molecular weight is 407 g/mol. The van der Waals surface area contributed by atoms with Gasteiger partial charge in [-0.1, -0.05) is 17.7 Å². The predicted molar refractivity (Wildman–Crippen MR) is 106 cm³/mol. The van der Waals surface area contributed by atoms with Crippen LogP contribution in [0.25, 0.3) is 6.08 Å². The van der Waals surface area contributed by atoms with E-state index in [9.17, 15) is 9.18 Å². The molecule has 1 heterocycles. The average Bonchev–Trinajstić information content (AvgIpc) is 2.98. The molecule has 2 aromatic rings. The number of thioether (sulfide) groups is 1. The molecule has 2 aromatic carbocycles. The first kappa shape index (κ1) is 19.3. The Morgan fingerprint density at radius 3 is 2.78 bits per heavy atom. The molecule has 8 heteroatoms. The minimum absolute atomic E-state index is 0.0246. The van der Waals surface area contributed by atoms with Gasteiger partial charge in [0.2, 0.25) is 0 Å². The summed E-state index contributed by atoms with van der Waals surface area (Å²) in [7, 11) is 1.56. The highest BCUT2D eigenvalue weighted by Gasteiger charge is 2.24. The maximum atomic E-state index is 13.2. The molecule has 0 bridgehead atoms. The van der Waals surface area contributed by atoms with Crippen LogP contribution in [0.15, 0.2) is 46.3 Å². The van der Waals surface area contributed by atoms with E-state index in [4.69, 9.17) is 21.1 Å². The van der Waals surface area contributed by atoms with Crippen LogP contribution in [-0.2, 0) is 4.79 Å². The molecule has 1 amide bonds. The molecule has 3 rings (SSSR count). The van der Waals surface area contributed by atoms with E-state index < -0.39 is 5.82 Å². The van der Waals surface area contributed by atoms with Crippen molar-refractivity contribution in [2.24, 2.45) is 4.99 Å². The summed E-state index contributed by atoms with van der Waals surface area (Å²) in [4.78, 5) is 17.0. The number of amides is 1. The van der Waals surface area contributed by atoms with Crippen molar-refractivity contribution in [3.63, 3.8) is 0 Å². The van der Waals surface area contributed by atoms with Gasteiger partial charge in [-0.25, -0.2) is 9.38 Å². The van der Waals surface area contributed by atoms with Crippen molar-refractivity contribution >= 4 is 46.2 Å². The number of hydrogen-bond acceptors (Lipinski definition) is 5. The highest BCUT2D eigenvalue weighted by atomic mass is 35.5. The summed E-state index contributed by atoms with van der Waals surface area (Å²) >= 11 is 6.94. The van der Waals surface area contributed by atoms with Gasteiger partial charge in [0.05, 0.1) is 29.3 Å². The zero-order chi connectivity index (χ0) is 19.4. The second-order valence-corrected chi connectivity index (χ2v) is 6.86. The quantitative estimate of drug-likeness (QED) is 0.726. The first-order valence-electron chi connectivity index (χ1n) is 8.05. The van der Waals surface area contributed by atoms with Crippen LogP contribution in [-0.4, -0.2) is 24.8 Å². The van der Waals surface area contributed by atoms with Crippen molar-refractivity contribution in [1.29, 1.82) is 0 Å². The second-order valence-electron chi connectivity index (χ2n) is 5.42. The third kappa shape index (κ3) is 4.61. The molecule has 1 N–H and O–H groups in total. The molecule has 1 aliphatic rings. The number of ether oxygens (including phenoxy) is 2. The fourth-order valence-electron chi connectivity index (χ4n) is 2.35. The van der Waals surface area contributed by atoms with E-state index in [1.54, 1.807) is 25.3 Å². The molecule has 0 unspecified atom stereocenters. The molecule has 0 spiro atoms. The van der Waals surface area contributed by atoms with E-state index in [1.165, 1.54) is 30.0 Å². The van der Waals surface area contributed by atoms with Crippen LogP contribution in [0.2, 0.25) is 5.02 Å². The number of benzene rings is 2. The number of hydrogen-bond donors (Lipinski definition) is 1. The lowest BCUT2D eigenvalue weighted by atomic mass is 10.2. The van der Waals surface area contributed by atoms with Crippen LogP contribution in [0, 0.1) is 5.82 Å². The van der Waals surface area contributed by atoms with Crippen molar-refractivity contribution in [3.05, 3.63) is 57.7 Å². The summed E-state index contributed by atoms with van der Waals surface area (Å²) in [5, 5.41) is 3.05. The molecule has 140 valence electrons. The molecule has 1 saturated heterocycles. The van der Waals surface area contributed by atoms with E-state index >= 15 is 0 Å². The summed E-state index contributed by atoms with van der Waals surface area (Å²) in [6.45, 7) is 2.42. The number of rotatable bonds is 5. The number of carbonyl (C=O) groups is 1. The molecule has 27 heavy (non-hydrogen) atoms. The van der Waals surface area contributed by atoms with Crippen LogP contribution < -0.4 is 14.8 Å². The standard InChI is InChI=1S/C19H16ClFN2O3S/c1-3-26-15-7-4-11(8-16(15)25-2)9-17-18(24)23-19(27-17)22-12-5-6-14(21)13(20)10-12/h4-10H,3H2,1-2H3,(H,22,23,24)/b17-9-. The first-order chi connectivity index (χ1) is 13.0. The third-order valence-corrected chi connectivity index (χ3v) is 4.77. The molecule has 1 fully saturated rings. The fraction of sp³-hybridized carbons (Fsp3) is 0.158. The molecule has 0 atom stereocenters. The summed E-state index contributed by atoms with van der Waals surface area (Å²) in [5.41, 5.74) is 1.24. The Morgan fingerprint density at radius 2 is 2.07 bits per heavy atom.